The van der Waals surface area contributed by atoms with Crippen LogP contribution in [-0.2, 0) is 28.3 Å². The summed E-state index contributed by atoms with van der Waals surface area (Å²) in [6, 6.07) is 12.3. The van der Waals surface area contributed by atoms with E-state index in [0.29, 0.717) is 29.7 Å². The summed E-state index contributed by atoms with van der Waals surface area (Å²) in [6.07, 6.45) is 3.81. The van der Waals surface area contributed by atoms with Gasteiger partial charge in [-0.1, -0.05) is 32.9 Å². The van der Waals surface area contributed by atoms with Crippen molar-refractivity contribution < 1.29 is 13.5 Å². The number of hydrogen-bond acceptors (Lipinski definition) is 5. The molecule has 0 bridgehead atoms. The molecule has 2 aromatic heterocycles. The molecule has 3 aromatic rings. The third-order valence-corrected chi connectivity index (χ3v) is 5.46. The monoisotopic (exact) mass is 441 g/mol. The lowest BCUT2D eigenvalue weighted by Crippen LogP contribution is -2.16. The number of aromatic nitrogens is 2. The summed E-state index contributed by atoms with van der Waals surface area (Å²) in [5.41, 5.74) is 3.00. The molecule has 3 rings (SSSR count). The molecule has 0 atom stereocenters. The van der Waals surface area contributed by atoms with Gasteiger partial charge in [-0.3, -0.25) is 9.52 Å². The van der Waals surface area contributed by atoms with E-state index in [-0.39, 0.29) is 22.4 Å². The summed E-state index contributed by atoms with van der Waals surface area (Å²) in [4.78, 5) is 19.5. The topological polar surface area (TPSA) is 112 Å². The molecule has 8 heteroatoms. The lowest BCUT2D eigenvalue weighted by molar-refractivity contribution is 0.464. The minimum absolute atomic E-state index is 0.0000585. The maximum atomic E-state index is 12.3. The summed E-state index contributed by atoms with van der Waals surface area (Å²) in [6.45, 7) is 6.09. The summed E-state index contributed by atoms with van der Waals surface area (Å²) >= 11 is 0. The Kier molecular flexibility index (Phi) is 6.22. The molecule has 0 radical (unpaired) electrons. The molecule has 31 heavy (non-hydrogen) atoms. The van der Waals surface area contributed by atoms with Crippen molar-refractivity contribution in [3.8, 4) is 17.0 Å². The van der Waals surface area contributed by atoms with Crippen LogP contribution in [0.1, 0.15) is 37.6 Å². The number of aromatic amines is 1. The first-order chi connectivity index (χ1) is 14.4. The summed E-state index contributed by atoms with van der Waals surface area (Å²) in [5.74, 6) is 0.0000585. The van der Waals surface area contributed by atoms with Gasteiger partial charge in [0.15, 0.2) is 0 Å². The Bertz CT molecular complexity index is 1240. The fourth-order valence-electron chi connectivity index (χ4n) is 3.19. The molecule has 0 aliphatic heterocycles. The second kappa shape index (κ2) is 8.55. The van der Waals surface area contributed by atoms with E-state index in [2.05, 4.69) is 14.7 Å². The fourth-order valence-corrected chi connectivity index (χ4v) is 3.76. The molecular formula is C23H27N3O4S. The number of benzene rings is 1. The van der Waals surface area contributed by atoms with Gasteiger partial charge in [0.1, 0.15) is 11.4 Å². The van der Waals surface area contributed by atoms with Crippen LogP contribution in [0.5, 0.6) is 5.75 Å². The Morgan fingerprint density at radius 1 is 1.10 bits per heavy atom. The zero-order chi connectivity index (χ0) is 22.8. The number of pyridine rings is 2. The summed E-state index contributed by atoms with van der Waals surface area (Å²) < 4.78 is 25.1. The molecule has 2 heterocycles. The molecule has 0 spiro atoms. The zero-order valence-electron chi connectivity index (χ0n) is 18.1. The van der Waals surface area contributed by atoms with E-state index in [1.54, 1.807) is 30.5 Å². The second-order valence-corrected chi connectivity index (χ2v) is 10.3. The van der Waals surface area contributed by atoms with Gasteiger partial charge in [-0.25, -0.2) is 13.4 Å². The van der Waals surface area contributed by atoms with Crippen LogP contribution < -0.4 is 10.3 Å². The van der Waals surface area contributed by atoms with E-state index in [1.807, 2.05) is 39.0 Å². The minimum Gasteiger partial charge on any atom is -0.505 e. The number of rotatable bonds is 6. The molecule has 0 saturated heterocycles. The molecule has 0 amide bonds. The molecular weight excluding hydrogens is 414 g/mol. The van der Waals surface area contributed by atoms with Gasteiger partial charge in [-0.05, 0) is 54.3 Å². The number of sulfonamides is 1. The van der Waals surface area contributed by atoms with Gasteiger partial charge in [0.05, 0.1) is 11.8 Å². The van der Waals surface area contributed by atoms with E-state index in [0.717, 1.165) is 17.5 Å². The normalized spacial score (nSPS) is 12.0. The molecule has 0 fully saturated rings. The quantitative estimate of drug-likeness (QED) is 0.541. The van der Waals surface area contributed by atoms with E-state index < -0.39 is 10.0 Å². The van der Waals surface area contributed by atoms with Crippen molar-refractivity contribution in [1.82, 2.24) is 9.97 Å². The van der Waals surface area contributed by atoms with Crippen LogP contribution >= 0.6 is 0 Å². The van der Waals surface area contributed by atoms with Crippen molar-refractivity contribution in [1.29, 1.82) is 0 Å². The van der Waals surface area contributed by atoms with Crippen LogP contribution in [0, 0.1) is 0 Å². The van der Waals surface area contributed by atoms with E-state index in [9.17, 15) is 18.3 Å². The van der Waals surface area contributed by atoms with Gasteiger partial charge >= 0.3 is 0 Å². The highest BCUT2D eigenvalue weighted by Gasteiger charge is 2.22. The maximum absolute atomic E-state index is 12.3. The molecule has 0 aliphatic carbocycles. The standard InChI is InChI=1S/C23H27N3O4S/c1-23(2,3)19-14-16(21(27)20(25-19)18-6-5-13-24-22(18)28)10-7-15-8-11-17(12-9-15)26-31(4,29)30/h5-6,8-9,11-14,26-27H,7,10H2,1-4H3,(H,24,28). The number of nitrogens with one attached hydrogen (secondary N) is 2. The average Bonchev–Trinajstić information content (AvgIpc) is 2.67. The van der Waals surface area contributed by atoms with Crippen molar-refractivity contribution in [2.24, 2.45) is 0 Å². The van der Waals surface area contributed by atoms with Crippen molar-refractivity contribution in [2.75, 3.05) is 11.0 Å². The molecule has 0 unspecified atom stereocenters. The largest absolute Gasteiger partial charge is 0.505 e. The van der Waals surface area contributed by atoms with Gasteiger partial charge < -0.3 is 10.1 Å². The summed E-state index contributed by atoms with van der Waals surface area (Å²) in [7, 11) is -3.32. The van der Waals surface area contributed by atoms with Crippen LogP contribution in [-0.4, -0.2) is 29.7 Å². The molecule has 0 aliphatic rings. The van der Waals surface area contributed by atoms with Gasteiger partial charge in [-0.15, -0.1) is 0 Å². The van der Waals surface area contributed by atoms with Crippen LogP contribution in [0.3, 0.4) is 0 Å². The molecule has 1 aromatic carbocycles. The average molecular weight is 442 g/mol. The van der Waals surface area contributed by atoms with E-state index in [4.69, 9.17) is 0 Å². The number of H-pyrrole nitrogens is 1. The van der Waals surface area contributed by atoms with Crippen molar-refractivity contribution in [3.05, 3.63) is 75.8 Å². The zero-order valence-corrected chi connectivity index (χ0v) is 18.9. The number of aromatic hydroxyl groups is 1. The molecule has 0 saturated carbocycles. The second-order valence-electron chi connectivity index (χ2n) is 8.60. The molecule has 164 valence electrons. The van der Waals surface area contributed by atoms with Gasteiger partial charge in [0.2, 0.25) is 10.0 Å². The third-order valence-electron chi connectivity index (χ3n) is 4.85. The third kappa shape index (κ3) is 5.73. The predicted octanol–water partition coefficient (Wildman–Crippen LogP) is 3.60. The van der Waals surface area contributed by atoms with Gasteiger partial charge in [0.25, 0.3) is 5.56 Å². The van der Waals surface area contributed by atoms with Gasteiger partial charge in [-0.2, -0.15) is 0 Å². The maximum Gasteiger partial charge on any atom is 0.257 e. The predicted molar refractivity (Wildman–Crippen MR) is 123 cm³/mol. The summed E-state index contributed by atoms with van der Waals surface area (Å²) in [5, 5.41) is 10.9. The molecule has 3 N–H and O–H groups in total. The Morgan fingerprint density at radius 3 is 2.35 bits per heavy atom. The highest BCUT2D eigenvalue weighted by Crippen LogP contribution is 2.34. The lowest BCUT2D eigenvalue weighted by atomic mass is 9.89. The highest BCUT2D eigenvalue weighted by atomic mass is 32.2. The first-order valence-electron chi connectivity index (χ1n) is 9.92. The first-order valence-corrected chi connectivity index (χ1v) is 11.8. The van der Waals surface area contributed by atoms with E-state index in [1.165, 1.54) is 0 Å². The minimum atomic E-state index is -3.32. The Hall–Kier alpha value is -3.13. The number of anilines is 1. The SMILES string of the molecule is CC(C)(C)c1cc(CCc2ccc(NS(C)(=O)=O)cc2)c(O)c(-c2ccc[nH]c2=O)n1. The van der Waals surface area contributed by atoms with Crippen molar-refractivity contribution in [2.45, 2.75) is 39.0 Å². The Labute approximate surface area is 182 Å². The van der Waals surface area contributed by atoms with E-state index >= 15 is 0 Å². The smallest absolute Gasteiger partial charge is 0.257 e. The Balaban J connectivity index is 1.93. The van der Waals surface area contributed by atoms with Crippen molar-refractivity contribution >= 4 is 15.7 Å². The fraction of sp³-hybridized carbons (Fsp3) is 0.304. The van der Waals surface area contributed by atoms with Crippen LogP contribution in [0.15, 0.2) is 53.5 Å². The molecule has 7 nitrogen and oxygen atoms in total. The van der Waals surface area contributed by atoms with Gasteiger partial charge in [0, 0.05) is 23.0 Å². The van der Waals surface area contributed by atoms with Crippen LogP contribution in [0.2, 0.25) is 0 Å². The van der Waals surface area contributed by atoms with Crippen LogP contribution in [0.4, 0.5) is 5.69 Å². The highest BCUT2D eigenvalue weighted by molar-refractivity contribution is 7.92. The van der Waals surface area contributed by atoms with Crippen molar-refractivity contribution in [3.63, 3.8) is 0 Å². The number of aryl methyl sites for hydroxylation is 2. The lowest BCUT2D eigenvalue weighted by Gasteiger charge is -2.21. The Morgan fingerprint density at radius 2 is 1.77 bits per heavy atom. The number of nitrogens with zero attached hydrogens (tertiary/aromatic N) is 1. The number of hydrogen-bond donors (Lipinski definition) is 3. The first kappa shape index (κ1) is 22.6. The van der Waals surface area contributed by atoms with Crippen LogP contribution in [0.25, 0.3) is 11.3 Å².